The number of hydrogen-bond donors (Lipinski definition) is 2. The Balaban J connectivity index is 3.03. The highest BCUT2D eigenvalue weighted by Crippen LogP contribution is 2.25. The SMILES string of the molecule is COC(=O)C(C)S(=O)(=O)Nc1cccc(O)c1C. The highest BCUT2D eigenvalue weighted by atomic mass is 32.2. The highest BCUT2D eigenvalue weighted by Gasteiger charge is 2.29. The van der Waals surface area contributed by atoms with Gasteiger partial charge in [-0.25, -0.2) is 8.42 Å². The molecule has 100 valence electrons. The molecule has 1 atom stereocenters. The van der Waals surface area contributed by atoms with Gasteiger partial charge in [-0.05, 0) is 26.0 Å². The van der Waals surface area contributed by atoms with E-state index in [2.05, 4.69) is 9.46 Å². The number of esters is 1. The Morgan fingerprint density at radius 3 is 2.61 bits per heavy atom. The number of benzene rings is 1. The third kappa shape index (κ3) is 2.92. The van der Waals surface area contributed by atoms with Crippen molar-refractivity contribution in [3.05, 3.63) is 23.8 Å². The molecule has 0 amide bonds. The lowest BCUT2D eigenvalue weighted by Crippen LogP contribution is -2.33. The Labute approximate surface area is 106 Å². The quantitative estimate of drug-likeness (QED) is 0.798. The number of phenols is 1. The van der Waals surface area contributed by atoms with Crippen LogP contribution >= 0.6 is 0 Å². The molecule has 0 aliphatic carbocycles. The van der Waals surface area contributed by atoms with Crippen molar-refractivity contribution in [3.8, 4) is 5.75 Å². The first-order valence-electron chi connectivity index (χ1n) is 5.17. The van der Waals surface area contributed by atoms with Gasteiger partial charge in [0, 0.05) is 5.56 Å². The van der Waals surface area contributed by atoms with Gasteiger partial charge in [0.2, 0.25) is 10.0 Å². The van der Waals surface area contributed by atoms with Crippen LogP contribution in [-0.2, 0) is 19.6 Å². The van der Waals surface area contributed by atoms with E-state index in [9.17, 15) is 18.3 Å². The molecule has 0 radical (unpaired) electrons. The minimum absolute atomic E-state index is 0.0269. The number of nitrogens with one attached hydrogen (secondary N) is 1. The largest absolute Gasteiger partial charge is 0.508 e. The Morgan fingerprint density at radius 1 is 1.44 bits per heavy atom. The van der Waals surface area contributed by atoms with E-state index >= 15 is 0 Å². The van der Waals surface area contributed by atoms with E-state index in [0.717, 1.165) is 7.11 Å². The smallest absolute Gasteiger partial charge is 0.325 e. The number of hydrogen-bond acceptors (Lipinski definition) is 5. The van der Waals surface area contributed by atoms with Crippen LogP contribution in [0.4, 0.5) is 5.69 Å². The molecule has 0 spiro atoms. The standard InChI is InChI=1S/C11H15NO5S/c1-7-9(5-4-6-10(7)13)12-18(15,16)8(2)11(14)17-3/h4-6,8,12-13H,1-3H3. The summed E-state index contributed by atoms with van der Waals surface area (Å²) < 4.78 is 30.4. The number of aromatic hydroxyl groups is 1. The number of anilines is 1. The van der Waals surface area contributed by atoms with Gasteiger partial charge in [0.25, 0.3) is 0 Å². The monoisotopic (exact) mass is 273 g/mol. The van der Waals surface area contributed by atoms with Crippen LogP contribution in [0.5, 0.6) is 5.75 Å². The van der Waals surface area contributed by atoms with Crippen molar-refractivity contribution < 1.29 is 23.1 Å². The van der Waals surface area contributed by atoms with Crippen molar-refractivity contribution in [3.63, 3.8) is 0 Å². The maximum absolute atomic E-state index is 11.9. The number of methoxy groups -OCH3 is 1. The molecular weight excluding hydrogens is 258 g/mol. The van der Waals surface area contributed by atoms with Gasteiger partial charge in [-0.2, -0.15) is 0 Å². The third-order valence-corrected chi connectivity index (χ3v) is 4.18. The van der Waals surface area contributed by atoms with Crippen molar-refractivity contribution in [1.29, 1.82) is 0 Å². The van der Waals surface area contributed by atoms with Crippen molar-refractivity contribution >= 4 is 21.7 Å². The number of carbonyl (C=O) groups is 1. The topological polar surface area (TPSA) is 92.7 Å². The molecule has 0 fully saturated rings. The molecule has 7 heteroatoms. The molecule has 2 N–H and O–H groups in total. The van der Waals surface area contributed by atoms with Crippen LogP contribution in [0.2, 0.25) is 0 Å². The van der Waals surface area contributed by atoms with Crippen LogP contribution in [0.15, 0.2) is 18.2 Å². The minimum atomic E-state index is -3.90. The average Bonchev–Trinajstić information content (AvgIpc) is 2.32. The second-order valence-electron chi connectivity index (χ2n) is 3.76. The molecule has 6 nitrogen and oxygen atoms in total. The van der Waals surface area contributed by atoms with Crippen molar-refractivity contribution in [2.45, 2.75) is 19.1 Å². The zero-order valence-corrected chi connectivity index (χ0v) is 11.1. The summed E-state index contributed by atoms with van der Waals surface area (Å²) in [4.78, 5) is 11.2. The lowest BCUT2D eigenvalue weighted by Gasteiger charge is -2.14. The Bertz CT molecular complexity index is 553. The van der Waals surface area contributed by atoms with Gasteiger partial charge >= 0.3 is 5.97 Å². The van der Waals surface area contributed by atoms with Crippen molar-refractivity contribution in [2.24, 2.45) is 0 Å². The summed E-state index contributed by atoms with van der Waals surface area (Å²) in [5, 5.41) is 8.14. The first-order chi connectivity index (χ1) is 8.29. The van der Waals surface area contributed by atoms with Crippen LogP contribution in [-0.4, -0.2) is 31.9 Å². The number of sulfonamides is 1. The van der Waals surface area contributed by atoms with Crippen molar-refractivity contribution in [1.82, 2.24) is 0 Å². The van der Waals surface area contributed by atoms with Gasteiger partial charge < -0.3 is 9.84 Å². The second-order valence-corrected chi connectivity index (χ2v) is 5.76. The zero-order valence-electron chi connectivity index (χ0n) is 10.3. The van der Waals surface area contributed by atoms with E-state index in [1.807, 2.05) is 0 Å². The molecule has 0 saturated heterocycles. The molecule has 1 rings (SSSR count). The first kappa shape index (κ1) is 14.3. The van der Waals surface area contributed by atoms with E-state index < -0.39 is 21.2 Å². The van der Waals surface area contributed by atoms with Gasteiger partial charge in [-0.15, -0.1) is 0 Å². The van der Waals surface area contributed by atoms with E-state index in [4.69, 9.17) is 0 Å². The molecule has 18 heavy (non-hydrogen) atoms. The summed E-state index contributed by atoms with van der Waals surface area (Å²) in [6.45, 7) is 2.79. The molecule has 1 unspecified atom stereocenters. The molecule has 1 aromatic rings. The molecule has 0 bridgehead atoms. The Hall–Kier alpha value is -1.76. The van der Waals surface area contributed by atoms with Crippen LogP contribution in [0.25, 0.3) is 0 Å². The van der Waals surface area contributed by atoms with Crippen LogP contribution in [0.1, 0.15) is 12.5 Å². The fraction of sp³-hybridized carbons (Fsp3) is 0.364. The molecule has 1 aromatic carbocycles. The van der Waals surface area contributed by atoms with E-state index in [0.29, 0.717) is 5.56 Å². The molecule has 0 aromatic heterocycles. The van der Waals surface area contributed by atoms with Gasteiger partial charge in [0.15, 0.2) is 5.25 Å². The van der Waals surface area contributed by atoms with Crippen molar-refractivity contribution in [2.75, 3.05) is 11.8 Å². The van der Waals surface area contributed by atoms with Crippen LogP contribution < -0.4 is 4.72 Å². The summed E-state index contributed by atoms with van der Waals surface area (Å²) in [5.74, 6) is -0.874. The third-order valence-electron chi connectivity index (χ3n) is 2.56. The first-order valence-corrected chi connectivity index (χ1v) is 6.72. The summed E-state index contributed by atoms with van der Waals surface area (Å²) in [5.41, 5.74) is 0.615. The van der Waals surface area contributed by atoms with E-state index in [-0.39, 0.29) is 11.4 Å². The fourth-order valence-corrected chi connectivity index (χ4v) is 2.32. The second kappa shape index (κ2) is 5.26. The molecule has 0 aliphatic rings. The zero-order chi connectivity index (χ0) is 13.9. The highest BCUT2D eigenvalue weighted by molar-refractivity contribution is 7.94. The fourth-order valence-electron chi connectivity index (χ4n) is 1.27. The molecular formula is C11H15NO5S. The van der Waals surface area contributed by atoms with Gasteiger partial charge in [-0.3, -0.25) is 9.52 Å². The lowest BCUT2D eigenvalue weighted by atomic mass is 10.2. The minimum Gasteiger partial charge on any atom is -0.508 e. The molecule has 0 aliphatic heterocycles. The maximum Gasteiger partial charge on any atom is 0.325 e. The summed E-state index contributed by atoms with van der Waals surface area (Å²) in [6, 6.07) is 4.44. The van der Waals surface area contributed by atoms with Crippen LogP contribution in [0.3, 0.4) is 0 Å². The number of rotatable bonds is 4. The average molecular weight is 273 g/mol. The normalized spacial score (nSPS) is 12.8. The maximum atomic E-state index is 11.9. The predicted molar refractivity (Wildman–Crippen MR) is 66.9 cm³/mol. The van der Waals surface area contributed by atoms with Crippen LogP contribution in [0, 0.1) is 6.92 Å². The Morgan fingerprint density at radius 2 is 2.06 bits per heavy atom. The van der Waals surface area contributed by atoms with Gasteiger partial charge in [0.1, 0.15) is 5.75 Å². The predicted octanol–water partition coefficient (Wildman–Crippen LogP) is 1.00. The Kier molecular flexibility index (Phi) is 4.18. The van der Waals surface area contributed by atoms with E-state index in [1.165, 1.54) is 25.1 Å². The summed E-state index contributed by atoms with van der Waals surface area (Å²) in [7, 11) is -2.78. The number of ether oxygens (including phenoxy) is 1. The molecule has 0 saturated carbocycles. The number of carbonyl (C=O) groups excluding carboxylic acids is 1. The molecule has 0 heterocycles. The van der Waals surface area contributed by atoms with E-state index in [1.54, 1.807) is 6.92 Å². The summed E-state index contributed by atoms with van der Waals surface area (Å²) in [6.07, 6.45) is 0. The van der Waals surface area contributed by atoms with Gasteiger partial charge in [-0.1, -0.05) is 6.07 Å². The number of phenolic OH excluding ortho intramolecular Hbond substituents is 1. The summed E-state index contributed by atoms with van der Waals surface area (Å²) >= 11 is 0. The lowest BCUT2D eigenvalue weighted by molar-refractivity contribution is -0.139. The van der Waals surface area contributed by atoms with Gasteiger partial charge in [0.05, 0.1) is 12.8 Å².